The van der Waals surface area contributed by atoms with Gasteiger partial charge in [0.1, 0.15) is 11.5 Å². The van der Waals surface area contributed by atoms with Crippen molar-refractivity contribution in [3.63, 3.8) is 0 Å². The first-order valence-corrected chi connectivity index (χ1v) is 10.8. The Labute approximate surface area is 157 Å². The molecule has 6 heteroatoms. The summed E-state index contributed by atoms with van der Waals surface area (Å²) in [6.07, 6.45) is 6.87. The third-order valence-electron chi connectivity index (χ3n) is 4.72. The smallest absolute Gasteiger partial charge is 0.232 e. The summed E-state index contributed by atoms with van der Waals surface area (Å²) < 4.78 is 18.1. The molecular formula is C20H26N2O3S. The van der Waals surface area contributed by atoms with Crippen LogP contribution in [0, 0.1) is 6.92 Å². The summed E-state index contributed by atoms with van der Waals surface area (Å²) in [5, 5.41) is 3.05. The molecule has 0 bridgehead atoms. The molecule has 0 radical (unpaired) electrons. The van der Waals surface area contributed by atoms with E-state index in [0.29, 0.717) is 17.3 Å². The zero-order chi connectivity index (χ0) is 18.4. The van der Waals surface area contributed by atoms with E-state index in [1.54, 1.807) is 0 Å². The quantitative estimate of drug-likeness (QED) is 0.782. The molecule has 1 fully saturated rings. The molecule has 2 aromatic rings. The maximum absolute atomic E-state index is 12.4. The molecule has 0 unspecified atom stereocenters. The summed E-state index contributed by atoms with van der Waals surface area (Å²) in [5.41, 5.74) is 1.54. The highest BCUT2D eigenvalue weighted by Crippen LogP contribution is 2.22. The molecule has 1 atom stereocenters. The Hall–Kier alpha value is -1.95. The molecular weight excluding hydrogens is 348 g/mol. The maximum atomic E-state index is 12.4. The molecule has 5 nitrogen and oxygen atoms in total. The van der Waals surface area contributed by atoms with Crippen molar-refractivity contribution in [1.82, 2.24) is 10.3 Å². The number of rotatable bonds is 6. The monoisotopic (exact) mass is 374 g/mol. The van der Waals surface area contributed by atoms with Gasteiger partial charge in [0.25, 0.3) is 0 Å². The summed E-state index contributed by atoms with van der Waals surface area (Å²) in [6, 6.07) is 9.86. The van der Waals surface area contributed by atoms with Gasteiger partial charge in [0.2, 0.25) is 11.8 Å². The van der Waals surface area contributed by atoms with Crippen LogP contribution in [0.15, 0.2) is 34.7 Å². The minimum atomic E-state index is -1.30. The van der Waals surface area contributed by atoms with Gasteiger partial charge in [-0.15, -0.1) is 0 Å². The van der Waals surface area contributed by atoms with E-state index in [1.807, 2.05) is 37.3 Å². The van der Waals surface area contributed by atoms with Crippen molar-refractivity contribution in [2.75, 3.05) is 5.75 Å². The van der Waals surface area contributed by atoms with Crippen molar-refractivity contribution in [3.05, 3.63) is 41.8 Å². The van der Waals surface area contributed by atoms with Gasteiger partial charge < -0.3 is 9.73 Å². The van der Waals surface area contributed by atoms with Gasteiger partial charge in [-0.3, -0.25) is 9.00 Å². The first kappa shape index (κ1) is 18.8. The first-order valence-electron chi connectivity index (χ1n) is 9.28. The van der Waals surface area contributed by atoms with Gasteiger partial charge in [-0.1, -0.05) is 43.9 Å². The number of nitrogens with one attached hydrogen (secondary N) is 1. The van der Waals surface area contributed by atoms with Gasteiger partial charge in [-0.05, 0) is 31.9 Å². The Bertz CT molecular complexity index is 750. The second-order valence-electron chi connectivity index (χ2n) is 6.87. The second kappa shape index (κ2) is 9.12. The van der Waals surface area contributed by atoms with Crippen molar-refractivity contribution >= 4 is 16.7 Å². The van der Waals surface area contributed by atoms with Crippen LogP contribution in [0.25, 0.3) is 11.5 Å². The highest BCUT2D eigenvalue weighted by molar-refractivity contribution is 7.84. The molecule has 1 saturated carbocycles. The normalized spacial score (nSPS) is 16.8. The van der Waals surface area contributed by atoms with E-state index in [4.69, 9.17) is 4.42 Å². The molecule has 1 amide bonds. The number of benzene rings is 1. The van der Waals surface area contributed by atoms with Gasteiger partial charge in [-0.25, -0.2) is 4.98 Å². The van der Waals surface area contributed by atoms with Gasteiger partial charge in [0.05, 0.1) is 11.4 Å². The molecule has 0 aliphatic heterocycles. The Morgan fingerprint density at radius 1 is 1.19 bits per heavy atom. The fourth-order valence-corrected chi connectivity index (χ4v) is 4.36. The first-order chi connectivity index (χ1) is 12.6. The molecule has 1 aliphatic carbocycles. The van der Waals surface area contributed by atoms with Crippen LogP contribution in [-0.2, 0) is 21.3 Å². The van der Waals surface area contributed by atoms with E-state index < -0.39 is 10.8 Å². The standard InChI is InChI=1S/C20H26N2O3S/c1-15-18(22-20(25-15)16-9-5-4-6-10-16)13-26(24)14-19(23)21-17-11-7-2-3-8-12-17/h4-6,9-10,17H,2-3,7-8,11-14H2,1H3,(H,21,23)/t26-/m1/s1. The minimum absolute atomic E-state index is 0.0173. The summed E-state index contributed by atoms with van der Waals surface area (Å²) in [5.74, 6) is 1.31. The van der Waals surface area contributed by atoms with Crippen molar-refractivity contribution in [2.24, 2.45) is 0 Å². The van der Waals surface area contributed by atoms with Gasteiger partial charge in [0.15, 0.2) is 0 Å². The van der Waals surface area contributed by atoms with Crippen LogP contribution in [0.2, 0.25) is 0 Å². The topological polar surface area (TPSA) is 72.2 Å². The van der Waals surface area contributed by atoms with Crippen LogP contribution < -0.4 is 5.32 Å². The van der Waals surface area contributed by atoms with Crippen LogP contribution in [-0.4, -0.2) is 26.9 Å². The maximum Gasteiger partial charge on any atom is 0.232 e. The van der Waals surface area contributed by atoms with Crippen LogP contribution >= 0.6 is 0 Å². The van der Waals surface area contributed by atoms with Crippen LogP contribution in [0.3, 0.4) is 0 Å². The molecule has 1 aromatic carbocycles. The number of oxazole rings is 1. The minimum Gasteiger partial charge on any atom is -0.441 e. The van der Waals surface area contributed by atoms with Gasteiger partial charge >= 0.3 is 0 Å². The molecule has 26 heavy (non-hydrogen) atoms. The summed E-state index contributed by atoms with van der Waals surface area (Å²) >= 11 is 0. The number of carbonyl (C=O) groups excluding carboxylic acids is 1. The van der Waals surface area contributed by atoms with E-state index in [0.717, 1.165) is 31.2 Å². The van der Waals surface area contributed by atoms with E-state index in [1.165, 1.54) is 12.8 Å². The zero-order valence-electron chi connectivity index (χ0n) is 15.2. The third-order valence-corrected chi connectivity index (χ3v) is 5.90. The van der Waals surface area contributed by atoms with Crippen molar-refractivity contribution in [3.8, 4) is 11.5 Å². The van der Waals surface area contributed by atoms with Crippen molar-refractivity contribution in [1.29, 1.82) is 0 Å². The molecule has 0 saturated heterocycles. The van der Waals surface area contributed by atoms with Crippen LogP contribution in [0.5, 0.6) is 0 Å². The number of aryl methyl sites for hydroxylation is 1. The van der Waals surface area contributed by atoms with Crippen LogP contribution in [0.1, 0.15) is 50.0 Å². The highest BCUT2D eigenvalue weighted by atomic mass is 32.2. The average Bonchev–Trinajstić information content (AvgIpc) is 2.82. The SMILES string of the molecule is Cc1oc(-c2ccccc2)nc1C[S@@](=O)CC(=O)NC1CCCCCC1. The number of nitrogens with zero attached hydrogens (tertiary/aromatic N) is 1. The summed E-state index contributed by atoms with van der Waals surface area (Å²) in [7, 11) is -1.30. The largest absolute Gasteiger partial charge is 0.441 e. The van der Waals surface area contributed by atoms with Crippen molar-refractivity contribution < 1.29 is 13.4 Å². The molecule has 1 aromatic heterocycles. The lowest BCUT2D eigenvalue weighted by Crippen LogP contribution is -2.37. The fraction of sp³-hybridized carbons (Fsp3) is 0.500. The number of carbonyl (C=O) groups is 1. The fourth-order valence-electron chi connectivity index (χ4n) is 3.31. The van der Waals surface area contributed by atoms with Crippen molar-refractivity contribution in [2.45, 2.75) is 57.2 Å². The number of hydrogen-bond acceptors (Lipinski definition) is 4. The Morgan fingerprint density at radius 3 is 2.58 bits per heavy atom. The third kappa shape index (κ3) is 5.27. The number of aromatic nitrogens is 1. The van der Waals surface area contributed by atoms with E-state index in [2.05, 4.69) is 10.3 Å². The van der Waals surface area contributed by atoms with E-state index >= 15 is 0 Å². The van der Waals surface area contributed by atoms with Gasteiger partial charge in [0, 0.05) is 22.4 Å². The lowest BCUT2D eigenvalue weighted by atomic mass is 10.1. The number of amides is 1. The van der Waals surface area contributed by atoms with Crippen LogP contribution in [0.4, 0.5) is 0 Å². The highest BCUT2D eigenvalue weighted by Gasteiger charge is 2.18. The predicted molar refractivity (Wildman–Crippen MR) is 103 cm³/mol. The molecule has 1 aliphatic rings. The Kier molecular flexibility index (Phi) is 6.61. The summed E-state index contributed by atoms with van der Waals surface area (Å²) in [6.45, 7) is 1.82. The van der Waals surface area contributed by atoms with E-state index in [9.17, 15) is 9.00 Å². The summed E-state index contributed by atoms with van der Waals surface area (Å²) in [4.78, 5) is 16.7. The predicted octanol–water partition coefficient (Wildman–Crippen LogP) is 3.74. The lowest BCUT2D eigenvalue weighted by molar-refractivity contribution is -0.119. The second-order valence-corrected chi connectivity index (χ2v) is 8.33. The molecule has 140 valence electrons. The van der Waals surface area contributed by atoms with E-state index in [-0.39, 0.29) is 23.5 Å². The Balaban J connectivity index is 1.54. The molecule has 3 rings (SSSR count). The zero-order valence-corrected chi connectivity index (χ0v) is 16.0. The molecule has 1 heterocycles. The average molecular weight is 375 g/mol. The number of hydrogen-bond donors (Lipinski definition) is 1. The van der Waals surface area contributed by atoms with Gasteiger partial charge in [-0.2, -0.15) is 0 Å². The Morgan fingerprint density at radius 2 is 1.88 bits per heavy atom. The lowest BCUT2D eigenvalue weighted by Gasteiger charge is -2.15. The molecule has 0 spiro atoms. The molecule has 1 N–H and O–H groups in total.